The van der Waals surface area contributed by atoms with Gasteiger partial charge in [0.1, 0.15) is 17.5 Å². The van der Waals surface area contributed by atoms with Crippen LogP contribution in [-0.2, 0) is 47.5 Å². The second-order valence-electron chi connectivity index (χ2n) is 16.0. The monoisotopic (exact) mass is 968 g/mol. The number of aromatic nitrogens is 4. The van der Waals surface area contributed by atoms with Crippen LogP contribution in [0.1, 0.15) is 62.5 Å². The normalized spacial score (nSPS) is 16.6. The van der Waals surface area contributed by atoms with Crippen molar-refractivity contribution in [1.82, 2.24) is 20.0 Å². The number of hydrogen-bond donors (Lipinski definition) is 3. The summed E-state index contributed by atoms with van der Waals surface area (Å²) in [4.78, 5) is 31.2. The van der Waals surface area contributed by atoms with Gasteiger partial charge in [0.2, 0.25) is 0 Å². The number of anilines is 2. The summed E-state index contributed by atoms with van der Waals surface area (Å²) in [6.45, 7) is 0. The van der Waals surface area contributed by atoms with E-state index in [2.05, 4.69) is 25.9 Å². The number of rotatable bonds is 15. The number of halogens is 5. The van der Waals surface area contributed by atoms with Crippen LogP contribution in [0.5, 0.6) is 11.5 Å². The molecular weight excluding hydrogens is 928 g/mol. The lowest BCUT2D eigenvalue weighted by atomic mass is 9.71. The number of benzene rings is 4. The van der Waals surface area contributed by atoms with Crippen LogP contribution in [0.2, 0.25) is 5.02 Å². The third kappa shape index (κ3) is 8.52. The highest BCUT2D eigenvalue weighted by molar-refractivity contribution is 7.92. The highest BCUT2D eigenvalue weighted by atomic mass is 35.5. The largest absolute Gasteiger partial charge is 0.464 e. The minimum atomic E-state index is -4.14. The average molecular weight is 969 g/mol. The molecule has 2 atom stereocenters. The summed E-state index contributed by atoms with van der Waals surface area (Å²) in [7, 11) is -6.63. The van der Waals surface area contributed by atoms with Crippen molar-refractivity contribution in [2.24, 2.45) is 7.05 Å². The number of nitrogens with one attached hydrogen (secondary N) is 3. The van der Waals surface area contributed by atoms with Crippen LogP contribution in [-0.4, -0.2) is 59.1 Å². The van der Waals surface area contributed by atoms with Crippen molar-refractivity contribution in [2.45, 2.75) is 82.9 Å². The molecule has 2 aliphatic carbocycles. The van der Waals surface area contributed by atoms with Crippen molar-refractivity contribution >= 4 is 54.7 Å². The van der Waals surface area contributed by atoms with Gasteiger partial charge in [0.15, 0.2) is 48.6 Å². The molecule has 2 saturated carbocycles. The average Bonchev–Trinajstić information content (AvgIpc) is 4.14. The van der Waals surface area contributed by atoms with Crippen molar-refractivity contribution in [3.8, 4) is 11.5 Å². The molecule has 0 saturated heterocycles. The Morgan fingerprint density at radius 2 is 1.23 bits per heavy atom. The zero-order valence-electron chi connectivity index (χ0n) is 34.9. The fraction of sp³-hybridized carbons (Fsp3) is 0.289. The zero-order chi connectivity index (χ0) is 47.0. The smallest absolute Gasteiger partial charge is 0.279 e. The molecule has 2 heterocycles. The molecule has 21 heteroatoms. The summed E-state index contributed by atoms with van der Waals surface area (Å²) in [5, 5.41) is 13.7. The van der Waals surface area contributed by atoms with Gasteiger partial charge in [0.05, 0.1) is 31.5 Å². The Morgan fingerprint density at radius 3 is 1.73 bits per heavy atom. The Hall–Kier alpha value is -6.25. The lowest BCUT2D eigenvalue weighted by molar-refractivity contribution is -0.173. The van der Waals surface area contributed by atoms with Gasteiger partial charge in [-0.15, -0.1) is 0 Å². The van der Waals surface area contributed by atoms with Gasteiger partial charge in [-0.2, -0.15) is 10.2 Å². The van der Waals surface area contributed by atoms with E-state index in [0.29, 0.717) is 63.5 Å². The molecule has 4 aromatic carbocycles. The number of aryl methyl sites for hydroxylation is 1. The van der Waals surface area contributed by atoms with E-state index >= 15 is 18.4 Å². The molecule has 3 N–H and O–H groups in total. The maximum absolute atomic E-state index is 16.3. The van der Waals surface area contributed by atoms with Crippen LogP contribution in [0.4, 0.5) is 29.2 Å². The molecule has 0 spiro atoms. The van der Waals surface area contributed by atoms with E-state index in [1.807, 2.05) is 0 Å². The van der Waals surface area contributed by atoms with Gasteiger partial charge in [0, 0.05) is 48.6 Å². The first-order valence-electron chi connectivity index (χ1n) is 20.7. The number of hydrogen-bond acceptors (Lipinski definition) is 10. The molecule has 2 unspecified atom stereocenters. The van der Waals surface area contributed by atoms with E-state index < -0.39 is 104 Å². The first kappa shape index (κ1) is 46.3. The van der Waals surface area contributed by atoms with E-state index in [1.54, 1.807) is 0 Å². The molecule has 2 amide bonds. The van der Waals surface area contributed by atoms with Crippen molar-refractivity contribution in [1.29, 1.82) is 0 Å². The Balaban J connectivity index is 1.51. The maximum atomic E-state index is 16.3. The van der Waals surface area contributed by atoms with Crippen LogP contribution < -0.4 is 20.1 Å². The Morgan fingerprint density at radius 1 is 0.697 bits per heavy atom. The Labute approximate surface area is 381 Å². The molecule has 2 aliphatic rings. The highest BCUT2D eigenvalue weighted by Crippen LogP contribution is 2.51. The van der Waals surface area contributed by atoms with E-state index in [-0.39, 0.29) is 21.4 Å². The molecule has 346 valence electrons. The van der Waals surface area contributed by atoms with Gasteiger partial charge >= 0.3 is 0 Å². The third-order valence-electron chi connectivity index (χ3n) is 11.9. The summed E-state index contributed by atoms with van der Waals surface area (Å²) in [5.41, 5.74) is -7.70. The van der Waals surface area contributed by atoms with Gasteiger partial charge in [0.25, 0.3) is 23.0 Å². The van der Waals surface area contributed by atoms with Gasteiger partial charge in [-0.25, -0.2) is 34.4 Å². The van der Waals surface area contributed by atoms with E-state index in [4.69, 9.17) is 21.1 Å². The lowest BCUT2D eigenvalue weighted by Gasteiger charge is -2.47. The standard InChI is InChI=1S/C45H41ClF4N6O8S2/c1-56-23-21-41(55-56)53-42(57)44(63-37-17-13-29(47)25-35(37)49,27-10-15-33(16-11-27)65(59,60)31-6-2-3-7-31)45(43(58)52-40-20-22-51-54-40,64-38-18-14-30(48)26-36(38)50)28-12-19-39(34(46)24-28)66(61,62)32-8-4-5-9-32/h10-26,31-32H,2-9H2,1H3,(H,53,55,57)(H2,51,52,54,58). The fourth-order valence-electron chi connectivity index (χ4n) is 8.61. The number of H-pyrrole nitrogens is 1. The Kier molecular flexibility index (Phi) is 12.8. The number of carbonyl (C=O) groups excluding carboxylic acids is 2. The fourth-order valence-corrected chi connectivity index (χ4v) is 12.9. The third-order valence-corrected chi connectivity index (χ3v) is 16.9. The minimum absolute atomic E-state index is 0.163. The quantitative estimate of drug-likeness (QED) is 0.0844. The molecule has 2 aromatic heterocycles. The van der Waals surface area contributed by atoms with Crippen LogP contribution >= 0.6 is 11.6 Å². The van der Waals surface area contributed by atoms with E-state index in [9.17, 15) is 25.6 Å². The van der Waals surface area contributed by atoms with Gasteiger partial charge < -0.3 is 20.1 Å². The summed E-state index contributed by atoms with van der Waals surface area (Å²) < 4.78 is 132. The first-order chi connectivity index (χ1) is 31.4. The van der Waals surface area contributed by atoms with E-state index in [1.165, 1.54) is 36.3 Å². The summed E-state index contributed by atoms with van der Waals surface area (Å²) in [5.74, 6) is -10.0. The van der Waals surface area contributed by atoms with Crippen molar-refractivity contribution < 1.29 is 53.5 Å². The Bertz CT molecular complexity index is 3020. The molecule has 0 radical (unpaired) electrons. The summed E-state index contributed by atoms with van der Waals surface area (Å²) in [6, 6.07) is 14.2. The lowest BCUT2D eigenvalue weighted by Crippen LogP contribution is -2.68. The molecular formula is C45H41ClF4N6O8S2. The van der Waals surface area contributed by atoms with Crippen LogP contribution in [0.15, 0.2) is 113 Å². The predicted octanol–water partition coefficient (Wildman–Crippen LogP) is 8.31. The van der Waals surface area contributed by atoms with Crippen LogP contribution in [0.3, 0.4) is 0 Å². The van der Waals surface area contributed by atoms with Crippen LogP contribution in [0.25, 0.3) is 0 Å². The topological polar surface area (TPSA) is 191 Å². The van der Waals surface area contributed by atoms with Crippen molar-refractivity contribution in [3.63, 3.8) is 0 Å². The second kappa shape index (κ2) is 18.2. The minimum Gasteiger partial charge on any atom is -0.464 e. The van der Waals surface area contributed by atoms with Crippen LogP contribution in [0, 0.1) is 23.3 Å². The molecule has 6 aromatic rings. The second-order valence-corrected chi connectivity index (χ2v) is 20.9. The van der Waals surface area contributed by atoms with Gasteiger partial charge in [-0.1, -0.05) is 55.5 Å². The molecule has 14 nitrogen and oxygen atoms in total. The summed E-state index contributed by atoms with van der Waals surface area (Å²) >= 11 is 6.92. The predicted molar refractivity (Wildman–Crippen MR) is 233 cm³/mol. The molecule has 8 rings (SSSR count). The van der Waals surface area contributed by atoms with Gasteiger partial charge in [-0.05, 0) is 74.2 Å². The van der Waals surface area contributed by atoms with E-state index in [0.717, 1.165) is 66.7 Å². The molecule has 2 fully saturated rings. The molecule has 0 aliphatic heterocycles. The number of amides is 2. The SMILES string of the molecule is Cn1ccc(NC(=O)C(Oc2ccc(F)cc2F)(c2ccc(S(=O)(=O)C3CCCC3)cc2)C(Oc2ccc(F)cc2F)(C(=O)Nc2ccn[nH]2)c2ccc(S(=O)(=O)C3CCCC3)c(Cl)c2)n1. The number of ether oxygens (including phenoxy) is 2. The number of aromatic amines is 1. The zero-order valence-corrected chi connectivity index (χ0v) is 37.3. The van der Waals surface area contributed by atoms with Crippen molar-refractivity contribution in [2.75, 3.05) is 10.6 Å². The van der Waals surface area contributed by atoms with Crippen molar-refractivity contribution in [3.05, 3.63) is 143 Å². The number of carbonyl (C=O) groups is 2. The maximum Gasteiger partial charge on any atom is 0.279 e. The number of nitrogens with zero attached hydrogens (tertiary/aromatic N) is 3. The summed E-state index contributed by atoms with van der Waals surface area (Å²) in [6.07, 6.45) is 6.74. The van der Waals surface area contributed by atoms with Gasteiger partial charge in [-0.3, -0.25) is 19.4 Å². The molecule has 66 heavy (non-hydrogen) atoms. The highest BCUT2D eigenvalue weighted by Gasteiger charge is 2.69. The molecule has 0 bridgehead atoms. The first-order valence-corrected chi connectivity index (χ1v) is 24.2. The number of sulfone groups is 2.